The lowest BCUT2D eigenvalue weighted by atomic mass is 10.1. The van der Waals surface area contributed by atoms with Gasteiger partial charge in [-0.25, -0.2) is 12.7 Å². The first kappa shape index (κ1) is 21.7. The molecule has 166 valence electrons. The van der Waals surface area contributed by atoms with Gasteiger partial charge in [0.1, 0.15) is 6.04 Å². The number of carbonyl (C=O) groups excluding carboxylic acids is 2. The summed E-state index contributed by atoms with van der Waals surface area (Å²) >= 11 is 0. The number of benzene rings is 2. The van der Waals surface area contributed by atoms with Crippen molar-refractivity contribution in [2.45, 2.75) is 44.2 Å². The Labute approximate surface area is 185 Å². The second-order valence-electron chi connectivity index (χ2n) is 7.66. The number of aryl methyl sites for hydroxylation is 2. The first-order valence-corrected chi connectivity index (χ1v) is 11.5. The monoisotopic (exact) mass is 454 g/mol. The minimum Gasteiger partial charge on any atom is -0.345 e. The van der Waals surface area contributed by atoms with Crippen LogP contribution in [0.4, 0.5) is 0 Å². The van der Waals surface area contributed by atoms with Gasteiger partial charge in [-0.2, -0.15) is 4.98 Å². The third-order valence-corrected chi connectivity index (χ3v) is 7.04. The largest absolute Gasteiger partial charge is 0.345 e. The molecule has 0 unspecified atom stereocenters. The van der Waals surface area contributed by atoms with Gasteiger partial charge in [-0.05, 0) is 38.5 Å². The Hall–Kier alpha value is -3.53. The fourth-order valence-electron chi connectivity index (χ4n) is 3.53. The van der Waals surface area contributed by atoms with Crippen LogP contribution in [-0.4, -0.2) is 40.7 Å². The van der Waals surface area contributed by atoms with Crippen LogP contribution in [0, 0.1) is 13.8 Å². The number of hydrogen-bond donors (Lipinski definition) is 1. The second kappa shape index (κ2) is 8.54. The van der Waals surface area contributed by atoms with Crippen molar-refractivity contribution in [2.24, 2.45) is 0 Å². The van der Waals surface area contributed by atoms with Crippen LogP contribution in [0.3, 0.4) is 0 Å². The fourth-order valence-corrected chi connectivity index (χ4v) is 5.14. The Bertz CT molecular complexity index is 1270. The summed E-state index contributed by atoms with van der Waals surface area (Å²) in [5, 5.41) is 6.52. The molecule has 2 aromatic carbocycles. The van der Waals surface area contributed by atoms with Crippen molar-refractivity contribution in [3.63, 3.8) is 0 Å². The van der Waals surface area contributed by atoms with E-state index in [2.05, 4.69) is 15.5 Å². The predicted molar refractivity (Wildman–Crippen MR) is 115 cm³/mol. The van der Waals surface area contributed by atoms with Crippen LogP contribution < -0.4 is 5.32 Å². The third kappa shape index (κ3) is 4.26. The van der Waals surface area contributed by atoms with Crippen LogP contribution in [0.5, 0.6) is 0 Å². The number of rotatable bonds is 6. The van der Waals surface area contributed by atoms with E-state index < -0.39 is 27.9 Å². The minimum atomic E-state index is -4.15. The van der Waals surface area contributed by atoms with E-state index in [0.29, 0.717) is 10.1 Å². The normalized spacial score (nSPS) is 16.4. The molecule has 2 amide bonds. The van der Waals surface area contributed by atoms with Crippen LogP contribution in [0.15, 0.2) is 57.9 Å². The maximum absolute atomic E-state index is 13.0. The highest BCUT2D eigenvalue weighted by Crippen LogP contribution is 2.27. The number of nitrogens with one attached hydrogen (secondary N) is 1. The summed E-state index contributed by atoms with van der Waals surface area (Å²) in [7, 11) is -4.15. The highest BCUT2D eigenvalue weighted by molar-refractivity contribution is 7.89. The first-order chi connectivity index (χ1) is 15.3. The number of aromatic nitrogens is 2. The molecule has 1 fully saturated rings. The summed E-state index contributed by atoms with van der Waals surface area (Å²) in [6.07, 6.45) is 0.0787. The number of sulfonamides is 1. The SMILES string of the molecule is Cc1ccc(S(=O)(=O)N2C(=O)CC[C@@H]2C(=O)NCc2nc(-c3cccc(C)c3)no2)cc1. The average Bonchev–Trinajstić information content (AvgIpc) is 3.39. The molecule has 2 heterocycles. The molecular formula is C22H22N4O5S. The molecule has 1 aromatic heterocycles. The summed E-state index contributed by atoms with van der Waals surface area (Å²) in [5.74, 6) is -0.642. The lowest BCUT2D eigenvalue weighted by molar-refractivity contribution is -0.130. The van der Waals surface area contributed by atoms with Gasteiger partial charge in [0.05, 0.1) is 11.4 Å². The zero-order valence-corrected chi connectivity index (χ0v) is 18.4. The van der Waals surface area contributed by atoms with E-state index >= 15 is 0 Å². The van der Waals surface area contributed by atoms with Crippen LogP contribution in [0.2, 0.25) is 0 Å². The second-order valence-corrected chi connectivity index (χ2v) is 9.48. The Kier molecular flexibility index (Phi) is 5.79. The van der Waals surface area contributed by atoms with Gasteiger partial charge in [0.2, 0.25) is 23.5 Å². The molecule has 0 bridgehead atoms. The Morgan fingerprint density at radius 2 is 1.91 bits per heavy atom. The van der Waals surface area contributed by atoms with Crippen molar-refractivity contribution in [2.75, 3.05) is 0 Å². The van der Waals surface area contributed by atoms with E-state index in [-0.39, 0.29) is 30.2 Å². The molecule has 1 saturated heterocycles. The molecule has 1 aliphatic rings. The summed E-state index contributed by atoms with van der Waals surface area (Å²) in [5.41, 5.74) is 2.71. The molecule has 10 heteroatoms. The van der Waals surface area contributed by atoms with Gasteiger partial charge in [-0.15, -0.1) is 0 Å². The third-order valence-electron chi connectivity index (χ3n) is 5.20. The first-order valence-electron chi connectivity index (χ1n) is 10.1. The van der Waals surface area contributed by atoms with Gasteiger partial charge >= 0.3 is 0 Å². The standard InChI is InChI=1S/C22H22N4O5S/c1-14-6-8-17(9-7-14)32(29,30)26-18(10-11-20(26)27)22(28)23-13-19-24-21(25-31-19)16-5-3-4-15(2)12-16/h3-9,12,18H,10-11,13H2,1-2H3,(H,23,28)/t18-/m1/s1. The maximum atomic E-state index is 13.0. The molecule has 0 spiro atoms. The quantitative estimate of drug-likeness (QED) is 0.606. The molecule has 1 atom stereocenters. The highest BCUT2D eigenvalue weighted by atomic mass is 32.2. The van der Waals surface area contributed by atoms with E-state index in [0.717, 1.165) is 16.7 Å². The summed E-state index contributed by atoms with van der Waals surface area (Å²) in [4.78, 5) is 29.4. The van der Waals surface area contributed by atoms with E-state index in [9.17, 15) is 18.0 Å². The molecule has 4 rings (SSSR count). The lowest BCUT2D eigenvalue weighted by Gasteiger charge is -2.23. The number of amides is 2. The molecule has 32 heavy (non-hydrogen) atoms. The van der Waals surface area contributed by atoms with Crippen LogP contribution in [-0.2, 0) is 26.2 Å². The topological polar surface area (TPSA) is 122 Å². The fraction of sp³-hybridized carbons (Fsp3) is 0.273. The molecule has 0 saturated carbocycles. The van der Waals surface area contributed by atoms with Crippen molar-refractivity contribution in [3.05, 3.63) is 65.5 Å². The Morgan fingerprint density at radius 1 is 1.16 bits per heavy atom. The van der Waals surface area contributed by atoms with Crippen molar-refractivity contribution >= 4 is 21.8 Å². The zero-order valence-electron chi connectivity index (χ0n) is 17.6. The Morgan fingerprint density at radius 3 is 2.62 bits per heavy atom. The summed E-state index contributed by atoms with van der Waals surface area (Å²) in [6, 6.07) is 12.6. The van der Waals surface area contributed by atoms with E-state index in [1.165, 1.54) is 12.1 Å². The molecule has 9 nitrogen and oxygen atoms in total. The molecule has 3 aromatic rings. The average molecular weight is 455 g/mol. The van der Waals surface area contributed by atoms with E-state index in [1.54, 1.807) is 12.1 Å². The number of hydrogen-bond acceptors (Lipinski definition) is 7. The van der Waals surface area contributed by atoms with Gasteiger partial charge in [0.15, 0.2) is 0 Å². The maximum Gasteiger partial charge on any atom is 0.267 e. The predicted octanol–water partition coefficient (Wildman–Crippen LogP) is 2.35. The van der Waals surface area contributed by atoms with Crippen molar-refractivity contribution in [1.29, 1.82) is 0 Å². The molecule has 0 aliphatic carbocycles. The summed E-state index contributed by atoms with van der Waals surface area (Å²) in [6.45, 7) is 3.69. The highest BCUT2D eigenvalue weighted by Gasteiger charge is 2.44. The Balaban J connectivity index is 1.47. The van der Waals surface area contributed by atoms with Gasteiger partial charge in [-0.3, -0.25) is 9.59 Å². The molecule has 1 N–H and O–H groups in total. The van der Waals surface area contributed by atoms with Gasteiger partial charge in [0, 0.05) is 12.0 Å². The van der Waals surface area contributed by atoms with Crippen LogP contribution in [0.25, 0.3) is 11.4 Å². The lowest BCUT2D eigenvalue weighted by Crippen LogP contribution is -2.47. The van der Waals surface area contributed by atoms with Crippen molar-refractivity contribution < 1.29 is 22.5 Å². The zero-order chi connectivity index (χ0) is 22.9. The summed E-state index contributed by atoms with van der Waals surface area (Å²) < 4.78 is 31.9. The number of carbonyl (C=O) groups is 2. The molecule has 1 aliphatic heterocycles. The molecule has 0 radical (unpaired) electrons. The van der Waals surface area contributed by atoms with Gasteiger partial charge < -0.3 is 9.84 Å². The minimum absolute atomic E-state index is 0.0265. The smallest absolute Gasteiger partial charge is 0.267 e. The molecular weight excluding hydrogens is 432 g/mol. The van der Waals surface area contributed by atoms with Gasteiger partial charge in [-0.1, -0.05) is 46.6 Å². The van der Waals surface area contributed by atoms with E-state index in [1.807, 2.05) is 38.1 Å². The van der Waals surface area contributed by atoms with Crippen molar-refractivity contribution in [3.8, 4) is 11.4 Å². The van der Waals surface area contributed by atoms with E-state index in [4.69, 9.17) is 4.52 Å². The van der Waals surface area contributed by atoms with Gasteiger partial charge in [0.25, 0.3) is 10.0 Å². The number of nitrogens with zero attached hydrogens (tertiary/aromatic N) is 3. The van der Waals surface area contributed by atoms with Crippen molar-refractivity contribution in [1.82, 2.24) is 19.8 Å². The van der Waals surface area contributed by atoms with Crippen LogP contribution in [0.1, 0.15) is 29.9 Å². The van der Waals surface area contributed by atoms with Crippen LogP contribution >= 0.6 is 0 Å².